The Bertz CT molecular complexity index is 1520. The Labute approximate surface area is 211 Å². The molecular formula is C26H28N2O6S2. The summed E-state index contributed by atoms with van der Waals surface area (Å²) in [6, 6.07) is 18.6. The van der Waals surface area contributed by atoms with Gasteiger partial charge in [-0.3, -0.25) is 4.90 Å². The van der Waals surface area contributed by atoms with Gasteiger partial charge < -0.3 is 10.4 Å². The first-order valence-electron chi connectivity index (χ1n) is 11.3. The van der Waals surface area contributed by atoms with Gasteiger partial charge in [0.25, 0.3) is 0 Å². The zero-order valence-electron chi connectivity index (χ0n) is 20.2. The number of hydrogen-bond donors (Lipinski definition) is 2. The highest BCUT2D eigenvalue weighted by Gasteiger charge is 2.58. The summed E-state index contributed by atoms with van der Waals surface area (Å²) in [5, 5.41) is 12.3. The molecule has 0 aromatic heterocycles. The molecule has 4 rings (SSSR count). The van der Waals surface area contributed by atoms with Crippen LogP contribution in [-0.2, 0) is 31.2 Å². The van der Waals surface area contributed by atoms with E-state index in [4.69, 9.17) is 0 Å². The summed E-state index contributed by atoms with van der Waals surface area (Å²) >= 11 is 0. The number of rotatable bonds is 7. The smallest absolute Gasteiger partial charge is 0.319 e. The second kappa shape index (κ2) is 9.34. The summed E-state index contributed by atoms with van der Waals surface area (Å²) in [6.07, 6.45) is 1.07. The predicted octanol–water partition coefficient (Wildman–Crippen LogP) is 3.31. The molecular weight excluding hydrogens is 500 g/mol. The number of carbonyl (C=O) groups excluding carboxylic acids is 1. The average molecular weight is 529 g/mol. The average Bonchev–Trinajstić information content (AvgIpc) is 3.22. The number of hydrogen-bond acceptors (Lipinski definition) is 6. The van der Waals surface area contributed by atoms with Crippen molar-refractivity contribution in [1.29, 1.82) is 0 Å². The van der Waals surface area contributed by atoms with Crippen LogP contribution in [0.2, 0.25) is 0 Å². The zero-order valence-corrected chi connectivity index (χ0v) is 21.8. The lowest BCUT2D eigenvalue weighted by molar-refractivity contribution is 0.170. The van der Waals surface area contributed by atoms with Crippen LogP contribution in [0.15, 0.2) is 82.6 Å². The molecule has 0 bridgehead atoms. The van der Waals surface area contributed by atoms with Crippen molar-refractivity contribution in [2.24, 2.45) is 0 Å². The topological polar surface area (TPSA) is 121 Å². The van der Waals surface area contributed by atoms with Gasteiger partial charge in [0.1, 0.15) is 0 Å². The molecule has 3 aromatic rings. The van der Waals surface area contributed by atoms with E-state index in [0.29, 0.717) is 16.7 Å². The fourth-order valence-corrected chi connectivity index (χ4v) is 7.86. The maximum absolute atomic E-state index is 14.2. The highest BCUT2D eigenvalue weighted by atomic mass is 32.2. The summed E-state index contributed by atoms with van der Waals surface area (Å²) in [7, 11) is -7.73. The van der Waals surface area contributed by atoms with Crippen molar-refractivity contribution in [2.75, 3.05) is 12.8 Å². The van der Waals surface area contributed by atoms with Crippen LogP contribution < -0.4 is 5.32 Å². The van der Waals surface area contributed by atoms with Gasteiger partial charge in [0.05, 0.1) is 22.9 Å². The van der Waals surface area contributed by atoms with Gasteiger partial charge in [-0.25, -0.2) is 21.6 Å². The van der Waals surface area contributed by atoms with Gasteiger partial charge in [-0.2, -0.15) is 0 Å². The summed E-state index contributed by atoms with van der Waals surface area (Å²) in [5.74, 6) is 0. The lowest BCUT2D eigenvalue weighted by Gasteiger charge is -2.39. The third-order valence-electron chi connectivity index (χ3n) is 6.39. The molecule has 2 amide bonds. The Kier molecular flexibility index (Phi) is 6.72. The summed E-state index contributed by atoms with van der Waals surface area (Å²) in [5.41, 5.74) is 1.77. The minimum atomic E-state index is -4.11. The monoisotopic (exact) mass is 528 g/mol. The van der Waals surface area contributed by atoms with Gasteiger partial charge in [-0.15, -0.1) is 0 Å². The molecule has 1 fully saturated rings. The van der Waals surface area contributed by atoms with Crippen LogP contribution in [-0.4, -0.2) is 51.7 Å². The van der Waals surface area contributed by atoms with Gasteiger partial charge in [-0.05, 0) is 60.4 Å². The van der Waals surface area contributed by atoms with E-state index in [9.17, 15) is 26.7 Å². The van der Waals surface area contributed by atoms with Crippen molar-refractivity contribution < 1.29 is 26.7 Å². The lowest BCUT2D eigenvalue weighted by atomic mass is 9.97. The molecule has 1 heterocycles. The number of nitrogens with zero attached hydrogens (tertiary/aromatic N) is 1. The molecule has 0 aliphatic carbocycles. The highest BCUT2D eigenvalue weighted by Crippen LogP contribution is 2.43. The quantitative estimate of drug-likeness (QED) is 0.485. The third kappa shape index (κ3) is 4.19. The minimum Gasteiger partial charge on any atom is -0.392 e. The van der Waals surface area contributed by atoms with E-state index in [1.54, 1.807) is 62.4 Å². The van der Waals surface area contributed by atoms with Gasteiger partial charge in [0.2, 0.25) is 9.84 Å². The van der Waals surface area contributed by atoms with E-state index < -0.39 is 43.2 Å². The lowest BCUT2D eigenvalue weighted by Crippen LogP contribution is -2.53. The van der Waals surface area contributed by atoms with Crippen LogP contribution in [0.5, 0.6) is 0 Å². The summed E-state index contributed by atoms with van der Waals surface area (Å²) in [6.45, 7) is 2.94. The van der Waals surface area contributed by atoms with E-state index in [1.807, 2.05) is 0 Å². The highest BCUT2D eigenvalue weighted by molar-refractivity contribution is 7.92. The van der Waals surface area contributed by atoms with E-state index in [0.717, 1.165) is 6.26 Å². The molecule has 36 heavy (non-hydrogen) atoms. The normalized spacial score (nSPS) is 18.5. The molecule has 1 aliphatic rings. The molecule has 3 aromatic carbocycles. The van der Waals surface area contributed by atoms with Gasteiger partial charge in [0.15, 0.2) is 14.7 Å². The SMILES string of the molecule is CC(C)N1C(=O)NCC1(c1cccc(-c2ccc(CO)c(S(C)(=O)=O)c2)c1)S(=O)(=O)c1ccccc1. The number of nitrogens with one attached hydrogen (secondary N) is 1. The van der Waals surface area contributed by atoms with E-state index >= 15 is 0 Å². The predicted molar refractivity (Wildman–Crippen MR) is 137 cm³/mol. The first-order chi connectivity index (χ1) is 16.9. The second-order valence-electron chi connectivity index (χ2n) is 9.06. The van der Waals surface area contributed by atoms with Crippen molar-refractivity contribution in [3.05, 3.63) is 83.9 Å². The molecule has 1 aliphatic heterocycles. The van der Waals surface area contributed by atoms with Gasteiger partial charge >= 0.3 is 6.03 Å². The largest absolute Gasteiger partial charge is 0.392 e. The van der Waals surface area contributed by atoms with Crippen molar-refractivity contribution in [3.8, 4) is 11.1 Å². The maximum atomic E-state index is 14.2. The molecule has 8 nitrogen and oxygen atoms in total. The Hall–Kier alpha value is -3.21. The van der Waals surface area contributed by atoms with Crippen molar-refractivity contribution >= 4 is 25.7 Å². The summed E-state index contributed by atoms with van der Waals surface area (Å²) < 4.78 is 53.0. The molecule has 1 atom stereocenters. The van der Waals surface area contributed by atoms with E-state index in [1.165, 1.54) is 29.2 Å². The number of urea groups is 1. The number of benzene rings is 3. The molecule has 1 saturated heterocycles. The first kappa shape index (κ1) is 25.9. The van der Waals surface area contributed by atoms with Gasteiger partial charge in [0, 0.05) is 12.3 Å². The Balaban J connectivity index is 1.97. The summed E-state index contributed by atoms with van der Waals surface area (Å²) in [4.78, 5) is 12.6. The molecule has 0 radical (unpaired) electrons. The molecule has 2 N–H and O–H groups in total. The Morgan fingerprint density at radius 2 is 1.61 bits per heavy atom. The number of aliphatic hydroxyl groups is 1. The zero-order chi connectivity index (χ0) is 26.3. The number of carbonyl (C=O) groups is 1. The fourth-order valence-electron chi connectivity index (χ4n) is 4.75. The van der Waals surface area contributed by atoms with Crippen LogP contribution >= 0.6 is 0 Å². The van der Waals surface area contributed by atoms with Crippen LogP contribution in [0.25, 0.3) is 11.1 Å². The first-order valence-corrected chi connectivity index (χ1v) is 14.7. The molecule has 190 valence electrons. The van der Waals surface area contributed by atoms with Crippen molar-refractivity contribution in [1.82, 2.24) is 10.2 Å². The number of amides is 2. The third-order valence-corrected chi connectivity index (χ3v) is 9.92. The van der Waals surface area contributed by atoms with Crippen LogP contribution in [0.1, 0.15) is 25.0 Å². The number of aliphatic hydroxyl groups excluding tert-OH is 1. The molecule has 1 unspecified atom stereocenters. The number of sulfone groups is 2. The fraction of sp³-hybridized carbons (Fsp3) is 0.269. The van der Waals surface area contributed by atoms with Crippen LogP contribution in [0, 0.1) is 0 Å². The van der Waals surface area contributed by atoms with Crippen molar-refractivity contribution in [2.45, 2.75) is 41.2 Å². The Morgan fingerprint density at radius 1 is 0.944 bits per heavy atom. The van der Waals surface area contributed by atoms with E-state index in [-0.39, 0.29) is 21.9 Å². The molecule has 10 heteroatoms. The molecule has 0 spiro atoms. The van der Waals surface area contributed by atoms with Gasteiger partial charge in [-0.1, -0.05) is 48.5 Å². The van der Waals surface area contributed by atoms with E-state index in [2.05, 4.69) is 5.32 Å². The van der Waals surface area contributed by atoms with Crippen LogP contribution in [0.3, 0.4) is 0 Å². The molecule has 0 saturated carbocycles. The Morgan fingerprint density at radius 3 is 2.22 bits per heavy atom. The second-order valence-corrected chi connectivity index (χ2v) is 13.2. The maximum Gasteiger partial charge on any atom is 0.319 e. The van der Waals surface area contributed by atoms with Crippen molar-refractivity contribution in [3.63, 3.8) is 0 Å². The van der Waals surface area contributed by atoms with Crippen LogP contribution in [0.4, 0.5) is 4.79 Å². The minimum absolute atomic E-state index is 0.000964. The standard InChI is InChI=1S/C26H28N2O6S2/c1-18(2)28-25(30)27-17-26(28,36(33,34)23-10-5-4-6-11-23)22-9-7-8-19(14-22)20-12-13-21(16-29)24(15-20)35(3,31)32/h4-15,18,29H,16-17H2,1-3H3,(H,27,30).